The van der Waals surface area contributed by atoms with Crippen molar-refractivity contribution < 1.29 is 8.83 Å². The fourth-order valence-corrected chi connectivity index (χ4v) is 7.17. The van der Waals surface area contributed by atoms with Crippen molar-refractivity contribution in [2.75, 3.05) is 4.90 Å². The van der Waals surface area contributed by atoms with Crippen molar-refractivity contribution in [2.24, 2.45) is 0 Å². The van der Waals surface area contributed by atoms with Crippen molar-refractivity contribution in [2.45, 2.75) is 0 Å². The van der Waals surface area contributed by atoms with Crippen LogP contribution in [0, 0.1) is 0 Å². The summed E-state index contributed by atoms with van der Waals surface area (Å²) in [6.45, 7) is 0. The standard InChI is InChI=1S/C44H27NO2/c1-2-11-33(12-3-1)45(35-20-17-31-27-43-39(25-32(31)24-35)37-15-6-7-16-40(37)46-43)34-13-8-10-29(23-34)30-18-21-38-42(26-30)47-41-22-19-28-9-4-5-14-36(28)44(38)41/h1-27H. The van der Waals surface area contributed by atoms with Crippen molar-refractivity contribution in [3.63, 3.8) is 0 Å². The number of nitrogens with zero attached hydrogens (tertiary/aromatic N) is 1. The predicted octanol–water partition coefficient (Wildman–Crippen LogP) is 12.9. The van der Waals surface area contributed by atoms with Gasteiger partial charge in [-0.25, -0.2) is 0 Å². The lowest BCUT2D eigenvalue weighted by atomic mass is 10.00. The van der Waals surface area contributed by atoms with E-state index in [0.29, 0.717) is 0 Å². The Morgan fingerprint density at radius 2 is 1.04 bits per heavy atom. The van der Waals surface area contributed by atoms with Crippen molar-refractivity contribution in [3.05, 3.63) is 164 Å². The first kappa shape index (κ1) is 26.0. The molecule has 2 aromatic heterocycles. The van der Waals surface area contributed by atoms with Crippen LogP contribution >= 0.6 is 0 Å². The SMILES string of the molecule is c1ccc(N(c2cccc(-c3ccc4c(c3)oc3ccc5ccccc5c34)c2)c2ccc3cc4oc5ccccc5c4cc3c2)cc1. The van der Waals surface area contributed by atoms with Gasteiger partial charge in [-0.1, -0.05) is 91.0 Å². The Bertz CT molecular complexity index is 2810. The van der Waals surface area contributed by atoms with Gasteiger partial charge in [0.1, 0.15) is 22.3 Å². The first-order valence-electron chi connectivity index (χ1n) is 15.9. The Balaban J connectivity index is 1.11. The third kappa shape index (κ3) is 4.14. The number of hydrogen-bond acceptors (Lipinski definition) is 3. The quantitative estimate of drug-likeness (QED) is 0.201. The van der Waals surface area contributed by atoms with Gasteiger partial charge in [0.25, 0.3) is 0 Å². The minimum absolute atomic E-state index is 0.895. The Morgan fingerprint density at radius 3 is 1.98 bits per heavy atom. The van der Waals surface area contributed by atoms with E-state index in [-0.39, 0.29) is 0 Å². The van der Waals surface area contributed by atoms with Crippen LogP contribution in [0.4, 0.5) is 17.1 Å². The minimum Gasteiger partial charge on any atom is -0.456 e. The maximum Gasteiger partial charge on any atom is 0.136 e. The van der Waals surface area contributed by atoms with Crippen LogP contribution < -0.4 is 4.90 Å². The van der Waals surface area contributed by atoms with Crippen LogP contribution in [0.3, 0.4) is 0 Å². The number of benzene rings is 8. The molecule has 10 aromatic rings. The van der Waals surface area contributed by atoms with Gasteiger partial charge < -0.3 is 13.7 Å². The molecule has 10 rings (SSSR count). The number of rotatable bonds is 4. The Kier molecular flexibility index (Phi) is 5.57. The topological polar surface area (TPSA) is 29.5 Å². The predicted molar refractivity (Wildman–Crippen MR) is 196 cm³/mol. The second-order valence-corrected chi connectivity index (χ2v) is 12.2. The molecule has 220 valence electrons. The van der Waals surface area contributed by atoms with Gasteiger partial charge >= 0.3 is 0 Å². The molecule has 47 heavy (non-hydrogen) atoms. The van der Waals surface area contributed by atoms with Gasteiger partial charge in [-0.3, -0.25) is 0 Å². The van der Waals surface area contributed by atoms with E-state index in [0.717, 1.165) is 72.1 Å². The van der Waals surface area contributed by atoms with E-state index in [1.807, 2.05) is 12.1 Å². The Labute approximate surface area is 270 Å². The summed E-state index contributed by atoms with van der Waals surface area (Å²) in [5.41, 5.74) is 9.14. The van der Waals surface area contributed by atoms with E-state index in [9.17, 15) is 0 Å². The zero-order chi connectivity index (χ0) is 30.9. The number of para-hydroxylation sites is 2. The minimum atomic E-state index is 0.895. The fraction of sp³-hybridized carbons (Fsp3) is 0. The molecule has 0 unspecified atom stereocenters. The number of hydrogen-bond donors (Lipinski definition) is 0. The van der Waals surface area contributed by atoms with Crippen LogP contribution in [0.25, 0.3) is 76.5 Å². The molecule has 3 heteroatoms. The first-order valence-corrected chi connectivity index (χ1v) is 15.9. The molecule has 2 heterocycles. The van der Waals surface area contributed by atoms with E-state index >= 15 is 0 Å². The van der Waals surface area contributed by atoms with Crippen LogP contribution in [-0.2, 0) is 0 Å². The summed E-state index contributed by atoms with van der Waals surface area (Å²) in [5.74, 6) is 0. The molecule has 0 aliphatic rings. The van der Waals surface area contributed by atoms with Crippen LogP contribution in [0.15, 0.2) is 173 Å². The summed E-state index contributed by atoms with van der Waals surface area (Å²) >= 11 is 0. The molecule has 0 atom stereocenters. The molecule has 0 aliphatic heterocycles. The molecule has 0 saturated heterocycles. The lowest BCUT2D eigenvalue weighted by Crippen LogP contribution is -2.09. The smallest absolute Gasteiger partial charge is 0.136 e. The third-order valence-electron chi connectivity index (χ3n) is 9.39. The van der Waals surface area contributed by atoms with Gasteiger partial charge in [0.05, 0.1) is 0 Å². The number of furan rings is 2. The third-order valence-corrected chi connectivity index (χ3v) is 9.39. The highest BCUT2D eigenvalue weighted by atomic mass is 16.3. The average Bonchev–Trinajstić information content (AvgIpc) is 3.69. The molecule has 0 fully saturated rings. The largest absolute Gasteiger partial charge is 0.456 e. The normalized spacial score (nSPS) is 11.8. The monoisotopic (exact) mass is 601 g/mol. The summed E-state index contributed by atoms with van der Waals surface area (Å²) in [5, 5.41) is 9.33. The van der Waals surface area contributed by atoms with Crippen molar-refractivity contribution >= 4 is 82.5 Å². The number of anilines is 3. The maximum absolute atomic E-state index is 6.41. The summed E-state index contributed by atoms with van der Waals surface area (Å²) in [7, 11) is 0. The van der Waals surface area contributed by atoms with E-state index in [1.54, 1.807) is 0 Å². The van der Waals surface area contributed by atoms with Gasteiger partial charge in [-0.05, 0) is 105 Å². The highest BCUT2D eigenvalue weighted by Crippen LogP contribution is 2.41. The molecule has 3 nitrogen and oxygen atoms in total. The molecule has 8 aromatic carbocycles. The second kappa shape index (κ2) is 10.1. The molecule has 0 aliphatic carbocycles. The molecule has 0 bridgehead atoms. The molecule has 0 amide bonds. The van der Waals surface area contributed by atoms with E-state index in [4.69, 9.17) is 8.83 Å². The molecule has 0 radical (unpaired) electrons. The van der Waals surface area contributed by atoms with Crippen molar-refractivity contribution in [3.8, 4) is 11.1 Å². The van der Waals surface area contributed by atoms with E-state index in [2.05, 4.69) is 157 Å². The van der Waals surface area contributed by atoms with Crippen molar-refractivity contribution in [1.82, 2.24) is 0 Å². The van der Waals surface area contributed by atoms with Crippen LogP contribution in [-0.4, -0.2) is 0 Å². The first-order chi connectivity index (χ1) is 23.3. The van der Waals surface area contributed by atoms with Gasteiger partial charge in [-0.2, -0.15) is 0 Å². The van der Waals surface area contributed by atoms with E-state index < -0.39 is 0 Å². The zero-order valence-electron chi connectivity index (χ0n) is 25.4. The lowest BCUT2D eigenvalue weighted by Gasteiger charge is -2.26. The van der Waals surface area contributed by atoms with Gasteiger partial charge in [-0.15, -0.1) is 0 Å². The summed E-state index contributed by atoms with van der Waals surface area (Å²) in [6, 6.07) is 57.9. The van der Waals surface area contributed by atoms with Crippen LogP contribution in [0.1, 0.15) is 0 Å². The Hall–Kier alpha value is -6.32. The van der Waals surface area contributed by atoms with Crippen LogP contribution in [0.5, 0.6) is 0 Å². The number of fused-ring (bicyclic) bond motifs is 9. The molecule has 0 saturated carbocycles. The Morgan fingerprint density at radius 1 is 0.319 bits per heavy atom. The molecular formula is C44H27NO2. The van der Waals surface area contributed by atoms with Gasteiger partial charge in [0, 0.05) is 38.6 Å². The van der Waals surface area contributed by atoms with Gasteiger partial charge in [0.2, 0.25) is 0 Å². The summed E-state index contributed by atoms with van der Waals surface area (Å²) in [6.07, 6.45) is 0. The fourth-order valence-electron chi connectivity index (χ4n) is 7.17. The maximum atomic E-state index is 6.41. The summed E-state index contributed by atoms with van der Waals surface area (Å²) in [4.78, 5) is 2.33. The molecule has 0 N–H and O–H groups in total. The summed E-state index contributed by atoms with van der Waals surface area (Å²) < 4.78 is 12.6. The second-order valence-electron chi connectivity index (χ2n) is 12.2. The van der Waals surface area contributed by atoms with Gasteiger partial charge in [0.15, 0.2) is 0 Å². The lowest BCUT2D eigenvalue weighted by molar-refractivity contribution is 0.669. The van der Waals surface area contributed by atoms with Crippen molar-refractivity contribution in [1.29, 1.82) is 0 Å². The molecular weight excluding hydrogens is 574 g/mol. The molecule has 0 spiro atoms. The van der Waals surface area contributed by atoms with Crippen LogP contribution in [0.2, 0.25) is 0 Å². The highest BCUT2D eigenvalue weighted by Gasteiger charge is 2.16. The highest BCUT2D eigenvalue weighted by molar-refractivity contribution is 6.19. The average molecular weight is 602 g/mol. The zero-order valence-corrected chi connectivity index (χ0v) is 25.4. The van der Waals surface area contributed by atoms with E-state index in [1.165, 1.54) is 21.5 Å².